The standard InChI is InChI=1S/C14H17F3N2OS/c15-14(16,17)10-2-1-3-11(8-10)19-13(20)9-21-12-4-6-18-7-5-12/h1-3,8,12,18H,4-7,9H2,(H,19,20). The molecule has 0 unspecified atom stereocenters. The molecule has 1 aliphatic rings. The molecule has 2 N–H and O–H groups in total. The van der Waals surface area contributed by atoms with Crippen LogP contribution in [0, 0.1) is 0 Å². The van der Waals surface area contributed by atoms with Crippen LogP contribution in [-0.4, -0.2) is 30.0 Å². The molecule has 1 aliphatic heterocycles. The summed E-state index contributed by atoms with van der Waals surface area (Å²) in [4.78, 5) is 11.8. The van der Waals surface area contributed by atoms with Crippen LogP contribution in [-0.2, 0) is 11.0 Å². The summed E-state index contributed by atoms with van der Waals surface area (Å²) in [5.41, 5.74) is -0.577. The third-order valence-corrected chi connectivity index (χ3v) is 4.58. The second-order valence-corrected chi connectivity index (χ2v) is 6.18. The number of anilines is 1. The molecule has 3 nitrogen and oxygen atoms in total. The Bertz CT molecular complexity index is 487. The minimum absolute atomic E-state index is 0.181. The highest BCUT2D eigenvalue weighted by Gasteiger charge is 2.30. The van der Waals surface area contributed by atoms with E-state index in [0.717, 1.165) is 38.1 Å². The van der Waals surface area contributed by atoms with Crippen LogP contribution in [0.5, 0.6) is 0 Å². The van der Waals surface area contributed by atoms with Crippen LogP contribution in [0.4, 0.5) is 18.9 Å². The Labute approximate surface area is 125 Å². The van der Waals surface area contributed by atoms with Gasteiger partial charge in [-0.2, -0.15) is 13.2 Å². The fraction of sp³-hybridized carbons (Fsp3) is 0.500. The molecule has 21 heavy (non-hydrogen) atoms. The summed E-state index contributed by atoms with van der Waals surface area (Å²) in [6.07, 6.45) is -2.37. The molecule has 1 saturated heterocycles. The molecule has 0 bridgehead atoms. The van der Waals surface area contributed by atoms with Crippen molar-refractivity contribution in [1.29, 1.82) is 0 Å². The minimum Gasteiger partial charge on any atom is -0.325 e. The summed E-state index contributed by atoms with van der Waals surface area (Å²) in [5, 5.41) is 6.20. The molecule has 0 aliphatic carbocycles. The zero-order chi connectivity index (χ0) is 15.3. The molecule has 0 radical (unpaired) electrons. The summed E-state index contributed by atoms with van der Waals surface area (Å²) in [7, 11) is 0. The maximum atomic E-state index is 12.6. The van der Waals surface area contributed by atoms with Crippen molar-refractivity contribution in [3.63, 3.8) is 0 Å². The molecule has 1 fully saturated rings. The quantitative estimate of drug-likeness (QED) is 0.896. The van der Waals surface area contributed by atoms with E-state index in [1.165, 1.54) is 12.1 Å². The van der Waals surface area contributed by atoms with Crippen LogP contribution in [0.2, 0.25) is 0 Å². The van der Waals surface area contributed by atoms with Gasteiger partial charge in [0, 0.05) is 10.9 Å². The van der Waals surface area contributed by atoms with E-state index in [-0.39, 0.29) is 17.3 Å². The normalized spacial score (nSPS) is 16.7. The van der Waals surface area contributed by atoms with Crippen molar-refractivity contribution in [2.45, 2.75) is 24.3 Å². The highest BCUT2D eigenvalue weighted by molar-refractivity contribution is 8.00. The van der Waals surface area contributed by atoms with Gasteiger partial charge in [0.2, 0.25) is 5.91 Å². The Hall–Kier alpha value is -1.21. The lowest BCUT2D eigenvalue weighted by Crippen LogP contribution is -2.30. The zero-order valence-electron chi connectivity index (χ0n) is 11.4. The Balaban J connectivity index is 1.84. The number of halogens is 3. The van der Waals surface area contributed by atoms with Gasteiger partial charge in [-0.05, 0) is 44.1 Å². The first-order chi connectivity index (χ1) is 9.95. The zero-order valence-corrected chi connectivity index (χ0v) is 12.2. The number of nitrogens with one attached hydrogen (secondary N) is 2. The SMILES string of the molecule is O=C(CSC1CCNCC1)Nc1cccc(C(F)(F)F)c1. The lowest BCUT2D eigenvalue weighted by molar-refractivity contribution is -0.137. The van der Waals surface area contributed by atoms with Crippen LogP contribution in [0.15, 0.2) is 24.3 Å². The molecule has 1 aromatic carbocycles. The predicted octanol–water partition coefficient (Wildman–Crippen LogP) is 3.13. The second-order valence-electron chi connectivity index (χ2n) is 4.89. The Morgan fingerprint density at radius 1 is 1.33 bits per heavy atom. The number of rotatable bonds is 4. The third-order valence-electron chi connectivity index (χ3n) is 3.21. The fourth-order valence-electron chi connectivity index (χ4n) is 2.13. The number of alkyl halides is 3. The number of carbonyl (C=O) groups excluding carboxylic acids is 1. The molecule has 0 saturated carbocycles. The van der Waals surface area contributed by atoms with Crippen molar-refractivity contribution in [2.75, 3.05) is 24.2 Å². The molecule has 1 aromatic rings. The summed E-state index contributed by atoms with van der Waals surface area (Å²) in [5.74, 6) is -0.00108. The monoisotopic (exact) mass is 318 g/mol. The number of amides is 1. The van der Waals surface area contributed by atoms with Gasteiger partial charge >= 0.3 is 6.18 Å². The van der Waals surface area contributed by atoms with Gasteiger partial charge in [-0.25, -0.2) is 0 Å². The summed E-state index contributed by atoms with van der Waals surface area (Å²) < 4.78 is 37.7. The molecule has 7 heteroatoms. The molecule has 1 heterocycles. The second kappa shape index (κ2) is 7.17. The molecule has 116 valence electrons. The number of piperidine rings is 1. The number of benzene rings is 1. The van der Waals surface area contributed by atoms with Gasteiger partial charge in [-0.15, -0.1) is 11.8 Å². The van der Waals surface area contributed by atoms with E-state index < -0.39 is 11.7 Å². The Kier molecular flexibility index (Phi) is 5.52. The third kappa shape index (κ3) is 5.24. The highest BCUT2D eigenvalue weighted by Crippen LogP contribution is 2.30. The molecular formula is C14H17F3N2OS. The average Bonchev–Trinajstić information content (AvgIpc) is 2.46. The van der Waals surface area contributed by atoms with E-state index in [1.807, 2.05) is 0 Å². The van der Waals surface area contributed by atoms with Crippen LogP contribution in [0.1, 0.15) is 18.4 Å². The minimum atomic E-state index is -4.40. The first-order valence-electron chi connectivity index (χ1n) is 6.74. The summed E-state index contributed by atoms with van der Waals surface area (Å²) in [6.45, 7) is 1.90. The van der Waals surface area contributed by atoms with E-state index in [1.54, 1.807) is 11.8 Å². The number of carbonyl (C=O) groups is 1. The number of hydrogen-bond acceptors (Lipinski definition) is 3. The van der Waals surface area contributed by atoms with Gasteiger partial charge < -0.3 is 10.6 Å². The van der Waals surface area contributed by atoms with Gasteiger partial charge in [0.25, 0.3) is 0 Å². The van der Waals surface area contributed by atoms with Crippen LogP contribution < -0.4 is 10.6 Å². The molecule has 2 rings (SSSR count). The number of hydrogen-bond donors (Lipinski definition) is 2. The van der Waals surface area contributed by atoms with E-state index in [4.69, 9.17) is 0 Å². The van der Waals surface area contributed by atoms with Gasteiger partial charge in [-0.1, -0.05) is 6.07 Å². The van der Waals surface area contributed by atoms with Gasteiger partial charge in [-0.3, -0.25) is 4.79 Å². The van der Waals surface area contributed by atoms with E-state index >= 15 is 0 Å². The maximum absolute atomic E-state index is 12.6. The van der Waals surface area contributed by atoms with E-state index in [9.17, 15) is 18.0 Å². The van der Waals surface area contributed by atoms with Crippen LogP contribution >= 0.6 is 11.8 Å². The van der Waals surface area contributed by atoms with Crippen molar-refractivity contribution >= 4 is 23.4 Å². The van der Waals surface area contributed by atoms with E-state index in [0.29, 0.717) is 5.25 Å². The molecule has 0 spiro atoms. The fourth-order valence-corrected chi connectivity index (χ4v) is 3.15. The Morgan fingerprint density at radius 2 is 2.05 bits per heavy atom. The van der Waals surface area contributed by atoms with Crippen molar-refractivity contribution in [1.82, 2.24) is 5.32 Å². The first kappa shape index (κ1) is 16.2. The van der Waals surface area contributed by atoms with Gasteiger partial charge in [0.1, 0.15) is 0 Å². The molecule has 1 amide bonds. The summed E-state index contributed by atoms with van der Waals surface area (Å²) >= 11 is 1.56. The maximum Gasteiger partial charge on any atom is 0.416 e. The first-order valence-corrected chi connectivity index (χ1v) is 7.79. The predicted molar refractivity (Wildman–Crippen MR) is 78.4 cm³/mol. The van der Waals surface area contributed by atoms with Crippen molar-refractivity contribution in [3.8, 4) is 0 Å². The van der Waals surface area contributed by atoms with Crippen molar-refractivity contribution in [2.24, 2.45) is 0 Å². The molecular weight excluding hydrogens is 301 g/mol. The lowest BCUT2D eigenvalue weighted by Gasteiger charge is -2.21. The Morgan fingerprint density at radius 3 is 2.71 bits per heavy atom. The van der Waals surface area contributed by atoms with Crippen molar-refractivity contribution < 1.29 is 18.0 Å². The number of thioether (sulfide) groups is 1. The molecule has 0 atom stereocenters. The molecule has 0 aromatic heterocycles. The van der Waals surface area contributed by atoms with Crippen LogP contribution in [0.25, 0.3) is 0 Å². The largest absolute Gasteiger partial charge is 0.416 e. The average molecular weight is 318 g/mol. The lowest BCUT2D eigenvalue weighted by atomic mass is 10.2. The van der Waals surface area contributed by atoms with E-state index in [2.05, 4.69) is 10.6 Å². The smallest absolute Gasteiger partial charge is 0.325 e. The van der Waals surface area contributed by atoms with Crippen LogP contribution in [0.3, 0.4) is 0 Å². The summed E-state index contributed by atoms with van der Waals surface area (Å²) in [6, 6.07) is 4.69. The van der Waals surface area contributed by atoms with Gasteiger partial charge in [0.15, 0.2) is 0 Å². The van der Waals surface area contributed by atoms with Crippen molar-refractivity contribution in [3.05, 3.63) is 29.8 Å². The topological polar surface area (TPSA) is 41.1 Å². The highest BCUT2D eigenvalue weighted by atomic mass is 32.2. The van der Waals surface area contributed by atoms with Gasteiger partial charge in [0.05, 0.1) is 11.3 Å².